The summed E-state index contributed by atoms with van der Waals surface area (Å²) in [5.41, 5.74) is 0. The van der Waals surface area contributed by atoms with Crippen LogP contribution >= 0.6 is 0 Å². The summed E-state index contributed by atoms with van der Waals surface area (Å²) in [5.74, 6) is 1.87. The van der Waals surface area contributed by atoms with E-state index in [0.29, 0.717) is 0 Å². The van der Waals surface area contributed by atoms with Crippen LogP contribution in [0.1, 0.15) is 32.1 Å². The Kier molecular flexibility index (Phi) is 3.82. The summed E-state index contributed by atoms with van der Waals surface area (Å²) in [5, 5.41) is 9.56. The normalized spacial score (nSPS) is 21.7. The molecule has 0 unspecified atom stereocenters. The highest BCUT2D eigenvalue weighted by Crippen LogP contribution is 2.21. The molecule has 0 bridgehead atoms. The van der Waals surface area contributed by atoms with Gasteiger partial charge in [-0.3, -0.25) is 0 Å². The maximum Gasteiger partial charge on any atom is 0.227 e. The van der Waals surface area contributed by atoms with Crippen molar-refractivity contribution in [1.29, 1.82) is 0 Å². The Balaban J connectivity index is 1.72. The molecule has 5 heteroatoms. The molecule has 104 valence electrons. The van der Waals surface area contributed by atoms with E-state index in [4.69, 9.17) is 4.98 Å². The van der Waals surface area contributed by atoms with Gasteiger partial charge in [0.15, 0.2) is 0 Å². The largest absolute Gasteiger partial charge is 0.393 e. The average molecular weight is 262 g/mol. The van der Waals surface area contributed by atoms with Crippen molar-refractivity contribution in [1.82, 2.24) is 9.97 Å². The molecule has 0 aromatic carbocycles. The first kappa shape index (κ1) is 12.7. The first-order valence-electron chi connectivity index (χ1n) is 7.34. The topological polar surface area (TPSA) is 52.5 Å². The molecule has 0 atom stereocenters. The molecule has 0 aliphatic carbocycles. The summed E-state index contributed by atoms with van der Waals surface area (Å²) in [6.07, 6.45) is 7.19. The average Bonchev–Trinajstić information content (AvgIpc) is 2.49. The van der Waals surface area contributed by atoms with E-state index < -0.39 is 0 Å². The lowest BCUT2D eigenvalue weighted by Gasteiger charge is -2.32. The van der Waals surface area contributed by atoms with E-state index in [-0.39, 0.29) is 6.10 Å². The van der Waals surface area contributed by atoms with E-state index in [1.165, 1.54) is 19.3 Å². The van der Waals surface area contributed by atoms with Crippen LogP contribution in [-0.4, -0.2) is 47.4 Å². The van der Waals surface area contributed by atoms with Gasteiger partial charge in [-0.05, 0) is 38.2 Å². The predicted octanol–water partition coefficient (Wildman–Crippen LogP) is 1.43. The molecule has 0 saturated carbocycles. The fourth-order valence-corrected chi connectivity index (χ4v) is 2.86. The Labute approximate surface area is 114 Å². The Morgan fingerprint density at radius 1 is 1.00 bits per heavy atom. The van der Waals surface area contributed by atoms with Crippen molar-refractivity contribution < 1.29 is 5.11 Å². The Bertz CT molecular complexity index is 412. The minimum Gasteiger partial charge on any atom is -0.393 e. The van der Waals surface area contributed by atoms with Gasteiger partial charge < -0.3 is 14.9 Å². The van der Waals surface area contributed by atoms with Gasteiger partial charge in [0.25, 0.3) is 0 Å². The van der Waals surface area contributed by atoms with E-state index >= 15 is 0 Å². The third-order valence-corrected chi connectivity index (χ3v) is 4.06. The highest BCUT2D eigenvalue weighted by Gasteiger charge is 2.20. The predicted molar refractivity (Wildman–Crippen MR) is 75.5 cm³/mol. The second-order valence-corrected chi connectivity index (χ2v) is 5.48. The van der Waals surface area contributed by atoms with Gasteiger partial charge in [-0.15, -0.1) is 0 Å². The van der Waals surface area contributed by atoms with Gasteiger partial charge in [0.1, 0.15) is 5.82 Å². The van der Waals surface area contributed by atoms with Crippen molar-refractivity contribution in [2.24, 2.45) is 0 Å². The Morgan fingerprint density at radius 2 is 1.74 bits per heavy atom. The summed E-state index contributed by atoms with van der Waals surface area (Å²) in [6.45, 7) is 3.92. The molecule has 5 nitrogen and oxygen atoms in total. The summed E-state index contributed by atoms with van der Waals surface area (Å²) in [4.78, 5) is 13.7. The van der Waals surface area contributed by atoms with Crippen molar-refractivity contribution in [2.75, 3.05) is 36.0 Å². The number of nitrogens with zero attached hydrogens (tertiary/aromatic N) is 4. The molecule has 0 radical (unpaired) electrons. The van der Waals surface area contributed by atoms with Gasteiger partial charge >= 0.3 is 0 Å². The summed E-state index contributed by atoms with van der Waals surface area (Å²) in [6, 6.07) is 1.98. The zero-order valence-electron chi connectivity index (χ0n) is 11.3. The minimum absolute atomic E-state index is 0.139. The van der Waals surface area contributed by atoms with Crippen molar-refractivity contribution in [3.05, 3.63) is 12.3 Å². The van der Waals surface area contributed by atoms with Crippen LogP contribution in [0.5, 0.6) is 0 Å². The molecule has 2 fully saturated rings. The number of piperidine rings is 2. The second-order valence-electron chi connectivity index (χ2n) is 5.48. The standard InChI is InChI=1S/C14H22N4O/c19-12-5-10-17(11-6-12)13-4-7-15-14(16-13)18-8-2-1-3-9-18/h4,7,12,19H,1-3,5-6,8-11H2. The summed E-state index contributed by atoms with van der Waals surface area (Å²) in [7, 11) is 0. The van der Waals surface area contributed by atoms with E-state index in [1.807, 2.05) is 12.3 Å². The molecule has 2 aliphatic rings. The lowest BCUT2D eigenvalue weighted by Crippen LogP contribution is -2.37. The van der Waals surface area contributed by atoms with Gasteiger partial charge in [-0.1, -0.05) is 0 Å². The molecule has 19 heavy (non-hydrogen) atoms. The third-order valence-electron chi connectivity index (χ3n) is 4.06. The maximum absolute atomic E-state index is 9.56. The van der Waals surface area contributed by atoms with Gasteiger partial charge in [0, 0.05) is 32.4 Å². The number of anilines is 2. The zero-order valence-corrected chi connectivity index (χ0v) is 11.3. The maximum atomic E-state index is 9.56. The van der Waals surface area contributed by atoms with Crippen LogP contribution in [0.3, 0.4) is 0 Å². The van der Waals surface area contributed by atoms with Crippen LogP contribution in [-0.2, 0) is 0 Å². The van der Waals surface area contributed by atoms with Gasteiger partial charge in [-0.25, -0.2) is 4.98 Å². The van der Waals surface area contributed by atoms with Gasteiger partial charge in [-0.2, -0.15) is 4.98 Å². The van der Waals surface area contributed by atoms with Crippen LogP contribution in [0, 0.1) is 0 Å². The van der Waals surface area contributed by atoms with Crippen molar-refractivity contribution in [3.63, 3.8) is 0 Å². The van der Waals surface area contributed by atoms with Crippen molar-refractivity contribution in [2.45, 2.75) is 38.2 Å². The Morgan fingerprint density at radius 3 is 2.47 bits per heavy atom. The molecule has 0 spiro atoms. The molecular weight excluding hydrogens is 240 g/mol. The lowest BCUT2D eigenvalue weighted by molar-refractivity contribution is 0.145. The monoisotopic (exact) mass is 262 g/mol. The molecule has 2 saturated heterocycles. The lowest BCUT2D eigenvalue weighted by atomic mass is 10.1. The molecule has 3 heterocycles. The van der Waals surface area contributed by atoms with Crippen LogP contribution in [0.15, 0.2) is 12.3 Å². The van der Waals surface area contributed by atoms with Crippen LogP contribution in [0.2, 0.25) is 0 Å². The quantitative estimate of drug-likeness (QED) is 0.874. The molecule has 2 aliphatic heterocycles. The number of aliphatic hydroxyl groups excluding tert-OH is 1. The first-order chi connectivity index (χ1) is 9.33. The van der Waals surface area contributed by atoms with E-state index in [2.05, 4.69) is 14.8 Å². The van der Waals surface area contributed by atoms with E-state index in [9.17, 15) is 5.11 Å². The van der Waals surface area contributed by atoms with Gasteiger partial charge in [0.2, 0.25) is 5.95 Å². The first-order valence-corrected chi connectivity index (χ1v) is 7.34. The second kappa shape index (κ2) is 5.74. The highest BCUT2D eigenvalue weighted by atomic mass is 16.3. The molecule has 1 N–H and O–H groups in total. The minimum atomic E-state index is -0.139. The summed E-state index contributed by atoms with van der Waals surface area (Å²) < 4.78 is 0. The SMILES string of the molecule is OC1CCN(c2ccnc(N3CCCCC3)n2)CC1. The molecule has 1 aromatic heterocycles. The van der Waals surface area contributed by atoms with Crippen LogP contribution < -0.4 is 9.80 Å². The van der Waals surface area contributed by atoms with Gasteiger partial charge in [0.05, 0.1) is 6.10 Å². The highest BCUT2D eigenvalue weighted by molar-refractivity contribution is 5.44. The van der Waals surface area contributed by atoms with Crippen LogP contribution in [0.4, 0.5) is 11.8 Å². The number of hydrogen-bond acceptors (Lipinski definition) is 5. The number of hydrogen-bond donors (Lipinski definition) is 1. The fraction of sp³-hybridized carbons (Fsp3) is 0.714. The number of aromatic nitrogens is 2. The van der Waals surface area contributed by atoms with E-state index in [1.54, 1.807) is 0 Å². The number of rotatable bonds is 2. The van der Waals surface area contributed by atoms with E-state index in [0.717, 1.165) is 50.8 Å². The molecular formula is C14H22N4O. The smallest absolute Gasteiger partial charge is 0.227 e. The fourth-order valence-electron chi connectivity index (χ4n) is 2.86. The Hall–Kier alpha value is -1.36. The third kappa shape index (κ3) is 2.97. The zero-order chi connectivity index (χ0) is 13.1. The molecule has 3 rings (SSSR count). The number of aliphatic hydroxyl groups is 1. The molecule has 0 amide bonds. The van der Waals surface area contributed by atoms with Crippen LogP contribution in [0.25, 0.3) is 0 Å². The van der Waals surface area contributed by atoms with Crippen molar-refractivity contribution >= 4 is 11.8 Å². The molecule has 1 aromatic rings. The summed E-state index contributed by atoms with van der Waals surface area (Å²) >= 11 is 0. The van der Waals surface area contributed by atoms with Crippen molar-refractivity contribution in [3.8, 4) is 0 Å².